The number of carbonyl (C=O) groups is 3. The average molecular weight is 440 g/mol. The number of nitriles is 1. The van der Waals surface area contributed by atoms with E-state index in [2.05, 4.69) is 5.32 Å². The van der Waals surface area contributed by atoms with Crippen molar-refractivity contribution in [3.05, 3.63) is 51.4 Å². The summed E-state index contributed by atoms with van der Waals surface area (Å²) >= 11 is 1.20. The molecular weight excluding hydrogens is 420 g/mol. The third-order valence-electron chi connectivity index (χ3n) is 4.92. The zero-order valence-electron chi connectivity index (χ0n) is 17.2. The number of esters is 2. The topological polar surface area (TPSA) is 115 Å². The second-order valence-electron chi connectivity index (χ2n) is 6.65. The van der Waals surface area contributed by atoms with Crippen LogP contribution in [-0.2, 0) is 25.5 Å². The summed E-state index contributed by atoms with van der Waals surface area (Å²) in [4.78, 5) is 38.2. The first-order valence-corrected chi connectivity index (χ1v) is 10.1. The molecule has 3 rings (SSSR count). The molecule has 1 amide bonds. The van der Waals surface area contributed by atoms with Crippen molar-refractivity contribution in [1.82, 2.24) is 0 Å². The van der Waals surface area contributed by atoms with E-state index in [4.69, 9.17) is 14.2 Å². The molecule has 0 bridgehead atoms. The number of ether oxygens (including phenoxy) is 3. The van der Waals surface area contributed by atoms with Gasteiger partial charge in [-0.3, -0.25) is 9.59 Å². The molecule has 0 radical (unpaired) electrons. The minimum absolute atomic E-state index is 0.130. The summed E-state index contributed by atoms with van der Waals surface area (Å²) in [6.45, 7) is 0. The molecule has 0 fully saturated rings. The standard InChI is InChI=1S/C22H20N2O6S/c1-28-14-6-4-12(5-7-14)10-13(11-23)19(25)24-20-18(22(27)30-3)17-15(21(26)29-2)8-9-16(17)31-20/h4-7,10,15H,8-9H2,1-3H3,(H,24,25)/b13-10+/t15-/m1/s1. The van der Waals surface area contributed by atoms with Crippen molar-refractivity contribution in [2.24, 2.45) is 0 Å². The van der Waals surface area contributed by atoms with Gasteiger partial charge in [0, 0.05) is 4.88 Å². The lowest BCUT2D eigenvalue weighted by Crippen LogP contribution is -2.18. The molecule has 1 heterocycles. The van der Waals surface area contributed by atoms with Gasteiger partial charge in [-0.05, 0) is 42.2 Å². The summed E-state index contributed by atoms with van der Waals surface area (Å²) in [5, 5.41) is 12.4. The minimum atomic E-state index is -0.669. The highest BCUT2D eigenvalue weighted by Gasteiger charge is 2.38. The van der Waals surface area contributed by atoms with Crippen LogP contribution >= 0.6 is 11.3 Å². The fraction of sp³-hybridized carbons (Fsp3) is 0.273. The molecule has 8 nitrogen and oxygen atoms in total. The highest BCUT2D eigenvalue weighted by Crippen LogP contribution is 2.46. The molecule has 0 saturated carbocycles. The summed E-state index contributed by atoms with van der Waals surface area (Å²) in [7, 11) is 4.06. The molecule has 2 aromatic rings. The van der Waals surface area contributed by atoms with Gasteiger partial charge in [-0.2, -0.15) is 5.26 Å². The number of carbonyl (C=O) groups excluding carboxylic acids is 3. The van der Waals surface area contributed by atoms with E-state index in [0.29, 0.717) is 29.7 Å². The Hall–Kier alpha value is -3.64. The molecule has 0 saturated heterocycles. The Bertz CT molecular complexity index is 1090. The predicted octanol–water partition coefficient (Wildman–Crippen LogP) is 3.29. The van der Waals surface area contributed by atoms with Crippen molar-refractivity contribution < 1.29 is 28.6 Å². The molecule has 1 aromatic carbocycles. The van der Waals surface area contributed by atoms with Gasteiger partial charge >= 0.3 is 11.9 Å². The molecule has 0 unspecified atom stereocenters. The summed E-state index contributed by atoms with van der Waals surface area (Å²) in [5.74, 6) is -1.73. The second kappa shape index (κ2) is 9.45. The van der Waals surface area contributed by atoms with Crippen LogP contribution in [0.15, 0.2) is 29.8 Å². The number of methoxy groups -OCH3 is 3. The van der Waals surface area contributed by atoms with Crippen LogP contribution in [0, 0.1) is 11.3 Å². The van der Waals surface area contributed by atoms with Crippen molar-refractivity contribution in [1.29, 1.82) is 5.26 Å². The number of amides is 1. The maximum atomic E-state index is 12.8. The van der Waals surface area contributed by atoms with Crippen molar-refractivity contribution in [2.45, 2.75) is 18.8 Å². The summed E-state index contributed by atoms with van der Waals surface area (Å²) in [6.07, 6.45) is 2.53. The normalized spacial score (nSPS) is 14.9. The smallest absolute Gasteiger partial charge is 0.341 e. The number of aryl methyl sites for hydroxylation is 1. The first-order valence-electron chi connectivity index (χ1n) is 9.32. The van der Waals surface area contributed by atoms with Gasteiger partial charge in [-0.15, -0.1) is 11.3 Å². The molecule has 1 atom stereocenters. The Balaban J connectivity index is 1.93. The third kappa shape index (κ3) is 4.44. The van der Waals surface area contributed by atoms with Crippen LogP contribution in [0.4, 0.5) is 5.00 Å². The number of benzene rings is 1. The lowest BCUT2D eigenvalue weighted by molar-refractivity contribution is -0.142. The van der Waals surface area contributed by atoms with E-state index in [1.165, 1.54) is 31.6 Å². The summed E-state index contributed by atoms with van der Waals surface area (Å²) in [6, 6.07) is 8.73. The molecule has 1 aliphatic rings. The van der Waals surface area contributed by atoms with Crippen molar-refractivity contribution in [2.75, 3.05) is 26.6 Å². The molecule has 9 heteroatoms. The van der Waals surface area contributed by atoms with E-state index in [0.717, 1.165) is 4.88 Å². The average Bonchev–Trinajstić information content (AvgIpc) is 3.35. The van der Waals surface area contributed by atoms with Crippen LogP contribution in [-0.4, -0.2) is 39.2 Å². The van der Waals surface area contributed by atoms with Crippen molar-refractivity contribution in [3.63, 3.8) is 0 Å². The van der Waals surface area contributed by atoms with Gasteiger partial charge in [0.2, 0.25) is 0 Å². The van der Waals surface area contributed by atoms with Gasteiger partial charge in [-0.1, -0.05) is 12.1 Å². The van der Waals surface area contributed by atoms with E-state index in [-0.39, 0.29) is 16.1 Å². The number of nitrogens with one attached hydrogen (secondary N) is 1. The van der Waals surface area contributed by atoms with Gasteiger partial charge in [0.15, 0.2) is 0 Å². The maximum absolute atomic E-state index is 12.8. The van der Waals surface area contributed by atoms with Crippen LogP contribution in [0.3, 0.4) is 0 Å². The monoisotopic (exact) mass is 440 g/mol. The van der Waals surface area contributed by atoms with Crippen LogP contribution in [0.1, 0.15) is 38.7 Å². The molecule has 0 spiro atoms. The van der Waals surface area contributed by atoms with E-state index >= 15 is 0 Å². The molecule has 160 valence electrons. The largest absolute Gasteiger partial charge is 0.497 e. The molecule has 1 aromatic heterocycles. The van der Waals surface area contributed by atoms with Crippen LogP contribution in [0.25, 0.3) is 6.08 Å². The molecule has 0 aliphatic heterocycles. The highest BCUT2D eigenvalue weighted by atomic mass is 32.1. The predicted molar refractivity (Wildman–Crippen MR) is 114 cm³/mol. The summed E-state index contributed by atoms with van der Waals surface area (Å²) < 4.78 is 14.8. The SMILES string of the molecule is COC(=O)c1c(NC(=O)/C(C#N)=C/c2ccc(OC)cc2)sc2c1[C@H](C(=O)OC)CC2. The van der Waals surface area contributed by atoms with Crippen LogP contribution in [0.5, 0.6) is 5.75 Å². The number of hydrogen-bond acceptors (Lipinski definition) is 8. The van der Waals surface area contributed by atoms with E-state index in [1.54, 1.807) is 31.4 Å². The second-order valence-corrected chi connectivity index (χ2v) is 7.75. The number of fused-ring (bicyclic) bond motifs is 1. The van der Waals surface area contributed by atoms with Crippen LogP contribution in [0.2, 0.25) is 0 Å². The van der Waals surface area contributed by atoms with E-state index in [1.807, 2.05) is 6.07 Å². The number of rotatable bonds is 6. The zero-order chi connectivity index (χ0) is 22.5. The fourth-order valence-electron chi connectivity index (χ4n) is 3.42. The van der Waals surface area contributed by atoms with Gasteiger partial charge in [0.05, 0.1) is 32.8 Å². The molecular formula is C22H20N2O6S. The van der Waals surface area contributed by atoms with Gasteiger partial charge in [-0.25, -0.2) is 4.79 Å². The molecule has 1 aliphatic carbocycles. The van der Waals surface area contributed by atoms with Gasteiger partial charge in [0.25, 0.3) is 5.91 Å². The van der Waals surface area contributed by atoms with Crippen LogP contribution < -0.4 is 10.1 Å². The fourth-order valence-corrected chi connectivity index (χ4v) is 4.68. The number of hydrogen-bond donors (Lipinski definition) is 1. The zero-order valence-corrected chi connectivity index (χ0v) is 18.0. The number of thiophene rings is 1. The van der Waals surface area contributed by atoms with Gasteiger partial charge < -0.3 is 19.5 Å². The highest BCUT2D eigenvalue weighted by molar-refractivity contribution is 7.17. The van der Waals surface area contributed by atoms with Crippen molar-refractivity contribution in [3.8, 4) is 11.8 Å². The Morgan fingerprint density at radius 2 is 1.87 bits per heavy atom. The van der Waals surface area contributed by atoms with E-state index < -0.39 is 23.8 Å². The maximum Gasteiger partial charge on any atom is 0.341 e. The Morgan fingerprint density at radius 3 is 2.45 bits per heavy atom. The van der Waals surface area contributed by atoms with Crippen molar-refractivity contribution >= 4 is 40.3 Å². The Kier molecular flexibility index (Phi) is 6.72. The number of anilines is 1. The number of nitrogens with zero attached hydrogens (tertiary/aromatic N) is 1. The quantitative estimate of drug-likeness (QED) is 0.416. The minimum Gasteiger partial charge on any atom is -0.497 e. The Morgan fingerprint density at radius 1 is 1.16 bits per heavy atom. The molecule has 1 N–H and O–H groups in total. The Labute approximate surface area is 183 Å². The summed E-state index contributed by atoms with van der Waals surface area (Å²) in [5.41, 5.74) is 1.15. The lowest BCUT2D eigenvalue weighted by Gasteiger charge is -2.11. The third-order valence-corrected chi connectivity index (χ3v) is 6.11. The first kappa shape index (κ1) is 22.1. The lowest BCUT2D eigenvalue weighted by atomic mass is 9.99. The first-order chi connectivity index (χ1) is 14.9. The molecule has 31 heavy (non-hydrogen) atoms. The van der Waals surface area contributed by atoms with Gasteiger partial charge in [0.1, 0.15) is 22.4 Å². The van der Waals surface area contributed by atoms with E-state index in [9.17, 15) is 19.6 Å².